The summed E-state index contributed by atoms with van der Waals surface area (Å²) < 4.78 is 19.3. The van der Waals surface area contributed by atoms with Crippen LogP contribution in [0.25, 0.3) is 0 Å². The van der Waals surface area contributed by atoms with Crippen LogP contribution in [0.2, 0.25) is 0 Å². The highest BCUT2D eigenvalue weighted by Gasteiger charge is 2.06. The molecule has 1 aromatic carbocycles. The number of nitrogens with zero attached hydrogens (tertiary/aromatic N) is 1. The van der Waals surface area contributed by atoms with Crippen molar-refractivity contribution in [2.75, 3.05) is 6.54 Å². The molecule has 2 rings (SSSR count). The van der Waals surface area contributed by atoms with E-state index in [0.717, 1.165) is 24.3 Å². The first-order chi connectivity index (χ1) is 9.81. The first-order valence-corrected chi connectivity index (χ1v) is 6.81. The summed E-state index contributed by atoms with van der Waals surface area (Å²) in [6, 6.07) is 8.45. The van der Waals surface area contributed by atoms with Crippen molar-refractivity contribution < 1.29 is 9.13 Å². The van der Waals surface area contributed by atoms with Crippen molar-refractivity contribution in [3.05, 3.63) is 59.7 Å². The molecule has 0 bridgehead atoms. The molecule has 0 aliphatic heterocycles. The molecule has 0 aliphatic rings. The molecule has 3 nitrogen and oxygen atoms in total. The Bertz CT molecular complexity index is 546. The number of pyridine rings is 1. The monoisotopic (exact) mass is 274 g/mol. The zero-order valence-electron chi connectivity index (χ0n) is 11.6. The Labute approximate surface area is 118 Å². The highest BCUT2D eigenvalue weighted by molar-refractivity contribution is 5.30. The van der Waals surface area contributed by atoms with Crippen molar-refractivity contribution in [1.29, 1.82) is 0 Å². The molecule has 0 saturated carbocycles. The molecule has 1 aromatic heterocycles. The van der Waals surface area contributed by atoms with Crippen LogP contribution in [-0.4, -0.2) is 11.5 Å². The summed E-state index contributed by atoms with van der Waals surface area (Å²) in [6.07, 6.45) is 4.53. The van der Waals surface area contributed by atoms with Gasteiger partial charge in [0.25, 0.3) is 0 Å². The van der Waals surface area contributed by atoms with Crippen molar-refractivity contribution in [3.63, 3.8) is 0 Å². The molecule has 0 saturated heterocycles. The van der Waals surface area contributed by atoms with Gasteiger partial charge in [-0.3, -0.25) is 4.98 Å². The van der Waals surface area contributed by atoms with E-state index in [2.05, 4.69) is 17.2 Å². The van der Waals surface area contributed by atoms with E-state index in [1.54, 1.807) is 30.6 Å². The van der Waals surface area contributed by atoms with Gasteiger partial charge >= 0.3 is 0 Å². The molecule has 2 aromatic rings. The fourth-order valence-electron chi connectivity index (χ4n) is 1.86. The van der Waals surface area contributed by atoms with Gasteiger partial charge in [0.05, 0.1) is 0 Å². The van der Waals surface area contributed by atoms with E-state index < -0.39 is 0 Å². The summed E-state index contributed by atoms with van der Waals surface area (Å²) in [5.41, 5.74) is 1.54. The summed E-state index contributed by atoms with van der Waals surface area (Å²) in [5.74, 6) is 0.499. The van der Waals surface area contributed by atoms with Crippen molar-refractivity contribution in [3.8, 4) is 5.75 Å². The number of rotatable bonds is 7. The number of halogens is 1. The third-order valence-electron chi connectivity index (χ3n) is 2.94. The Morgan fingerprint density at radius 2 is 2.05 bits per heavy atom. The van der Waals surface area contributed by atoms with Crippen LogP contribution in [0.5, 0.6) is 5.75 Å². The molecule has 1 heterocycles. The van der Waals surface area contributed by atoms with Gasteiger partial charge in [-0.2, -0.15) is 0 Å². The number of hydrogen-bond acceptors (Lipinski definition) is 3. The minimum absolute atomic E-state index is 0.220. The molecule has 4 heteroatoms. The molecule has 106 valence electrons. The number of nitrogens with one attached hydrogen (secondary N) is 1. The average molecular weight is 274 g/mol. The molecule has 0 spiro atoms. The zero-order chi connectivity index (χ0) is 14.2. The lowest BCUT2D eigenvalue weighted by molar-refractivity contribution is 0.295. The molecule has 0 unspecified atom stereocenters. The minimum Gasteiger partial charge on any atom is -0.488 e. The van der Waals surface area contributed by atoms with Crippen molar-refractivity contribution in [2.24, 2.45) is 0 Å². The molecule has 1 N–H and O–H groups in total. The molecule has 0 amide bonds. The summed E-state index contributed by atoms with van der Waals surface area (Å²) >= 11 is 0. The van der Waals surface area contributed by atoms with Gasteiger partial charge < -0.3 is 10.1 Å². The van der Waals surface area contributed by atoms with E-state index in [1.165, 1.54) is 6.07 Å². The van der Waals surface area contributed by atoms with Crippen LogP contribution in [0.3, 0.4) is 0 Å². The Hall–Kier alpha value is -1.94. The number of ether oxygens (including phenoxy) is 1. The summed E-state index contributed by atoms with van der Waals surface area (Å²) in [4.78, 5) is 4.10. The van der Waals surface area contributed by atoms with Crippen LogP contribution in [0.4, 0.5) is 4.39 Å². The molecular weight excluding hydrogens is 255 g/mol. The fourth-order valence-corrected chi connectivity index (χ4v) is 1.86. The first-order valence-electron chi connectivity index (χ1n) is 6.81. The van der Waals surface area contributed by atoms with Crippen molar-refractivity contribution in [2.45, 2.75) is 26.5 Å². The largest absolute Gasteiger partial charge is 0.488 e. The van der Waals surface area contributed by atoms with Gasteiger partial charge in [-0.05, 0) is 25.1 Å². The van der Waals surface area contributed by atoms with E-state index in [0.29, 0.717) is 12.1 Å². The topological polar surface area (TPSA) is 34.2 Å². The van der Waals surface area contributed by atoms with Crippen LogP contribution in [0.1, 0.15) is 24.5 Å². The molecule has 0 aliphatic carbocycles. The standard InChI is InChI=1S/C16H19FN2O/c1-2-8-18-10-14-11-19-9-7-16(14)20-12-13-5-3-4-6-15(13)17/h3-7,9,11,18H,2,8,10,12H2,1H3. The van der Waals surface area contributed by atoms with Crippen LogP contribution in [0.15, 0.2) is 42.7 Å². The Morgan fingerprint density at radius 1 is 1.20 bits per heavy atom. The first kappa shape index (κ1) is 14.5. The molecule has 0 fully saturated rings. The Balaban J connectivity index is 2.00. The van der Waals surface area contributed by atoms with Crippen LogP contribution >= 0.6 is 0 Å². The summed E-state index contributed by atoms with van der Waals surface area (Å²) in [6.45, 7) is 3.99. The Kier molecular flexibility index (Phi) is 5.50. The number of hydrogen-bond donors (Lipinski definition) is 1. The van der Waals surface area contributed by atoms with Gasteiger partial charge in [0.1, 0.15) is 18.2 Å². The lowest BCUT2D eigenvalue weighted by Crippen LogP contribution is -2.15. The predicted octanol–water partition coefficient (Wildman–Crippen LogP) is 3.30. The fraction of sp³-hybridized carbons (Fsp3) is 0.312. The molecule has 20 heavy (non-hydrogen) atoms. The van der Waals surface area contributed by atoms with Gasteiger partial charge in [-0.25, -0.2) is 4.39 Å². The zero-order valence-corrected chi connectivity index (χ0v) is 11.6. The van der Waals surface area contributed by atoms with Gasteiger partial charge in [-0.15, -0.1) is 0 Å². The maximum absolute atomic E-state index is 13.5. The smallest absolute Gasteiger partial charge is 0.129 e. The highest BCUT2D eigenvalue weighted by Crippen LogP contribution is 2.18. The average Bonchev–Trinajstić information content (AvgIpc) is 2.48. The lowest BCUT2D eigenvalue weighted by Gasteiger charge is -2.12. The second kappa shape index (κ2) is 7.60. The predicted molar refractivity (Wildman–Crippen MR) is 77.0 cm³/mol. The van der Waals surface area contributed by atoms with E-state index in [4.69, 9.17) is 4.74 Å². The van der Waals surface area contributed by atoms with Gasteiger partial charge in [0.2, 0.25) is 0 Å². The molecular formula is C16H19FN2O. The van der Waals surface area contributed by atoms with Gasteiger partial charge in [0.15, 0.2) is 0 Å². The SMILES string of the molecule is CCCNCc1cnccc1OCc1ccccc1F. The van der Waals surface area contributed by atoms with E-state index in [-0.39, 0.29) is 12.4 Å². The van der Waals surface area contributed by atoms with E-state index >= 15 is 0 Å². The van der Waals surface area contributed by atoms with Gasteiger partial charge in [0, 0.05) is 30.1 Å². The summed E-state index contributed by atoms with van der Waals surface area (Å²) in [5, 5.41) is 3.31. The third-order valence-corrected chi connectivity index (χ3v) is 2.94. The van der Waals surface area contributed by atoms with Crippen LogP contribution in [-0.2, 0) is 13.2 Å². The quantitative estimate of drug-likeness (QED) is 0.787. The van der Waals surface area contributed by atoms with Gasteiger partial charge in [-0.1, -0.05) is 25.1 Å². The minimum atomic E-state index is -0.243. The van der Waals surface area contributed by atoms with E-state index in [1.807, 2.05) is 6.07 Å². The summed E-state index contributed by atoms with van der Waals surface area (Å²) in [7, 11) is 0. The Morgan fingerprint density at radius 3 is 2.85 bits per heavy atom. The maximum Gasteiger partial charge on any atom is 0.129 e. The van der Waals surface area contributed by atoms with Crippen LogP contribution < -0.4 is 10.1 Å². The second-order valence-corrected chi connectivity index (χ2v) is 4.54. The number of benzene rings is 1. The number of aromatic nitrogens is 1. The van der Waals surface area contributed by atoms with Crippen molar-refractivity contribution >= 4 is 0 Å². The maximum atomic E-state index is 13.5. The molecule has 0 atom stereocenters. The highest BCUT2D eigenvalue weighted by atomic mass is 19.1. The van der Waals surface area contributed by atoms with E-state index in [9.17, 15) is 4.39 Å². The normalized spacial score (nSPS) is 10.5. The molecule has 0 radical (unpaired) electrons. The second-order valence-electron chi connectivity index (χ2n) is 4.54. The third kappa shape index (κ3) is 4.03. The van der Waals surface area contributed by atoms with Crippen molar-refractivity contribution in [1.82, 2.24) is 10.3 Å². The lowest BCUT2D eigenvalue weighted by atomic mass is 10.2. The van der Waals surface area contributed by atoms with Crippen LogP contribution in [0, 0.1) is 5.82 Å².